The average molecular weight is 310 g/mol. The Bertz CT molecular complexity index is 655. The minimum atomic E-state index is -0.400. The summed E-state index contributed by atoms with van der Waals surface area (Å²) in [6.07, 6.45) is 1.59. The van der Waals surface area contributed by atoms with Crippen molar-refractivity contribution < 1.29 is 9.53 Å². The van der Waals surface area contributed by atoms with Crippen LogP contribution >= 0.6 is 22.9 Å². The second-order valence-corrected chi connectivity index (χ2v) is 5.22. The summed E-state index contributed by atoms with van der Waals surface area (Å²) in [6, 6.07) is 7.35. The van der Waals surface area contributed by atoms with E-state index >= 15 is 0 Å². The largest absolute Gasteiger partial charge is 0.465 e. The number of aromatic nitrogens is 1. The highest BCUT2D eigenvalue weighted by molar-refractivity contribution is 7.17. The van der Waals surface area contributed by atoms with Crippen LogP contribution in [0.4, 0.5) is 5.13 Å². The maximum absolute atomic E-state index is 11.5. The van der Waals surface area contributed by atoms with Gasteiger partial charge in [0.1, 0.15) is 4.88 Å². The molecule has 0 unspecified atom stereocenters. The Labute approximate surface area is 125 Å². The van der Waals surface area contributed by atoms with Gasteiger partial charge in [0.2, 0.25) is 5.13 Å². The van der Waals surface area contributed by atoms with Gasteiger partial charge in [0, 0.05) is 10.6 Å². The highest BCUT2D eigenvalue weighted by Gasteiger charge is 2.15. The summed E-state index contributed by atoms with van der Waals surface area (Å²) in [5.41, 5.74) is 4.17. The zero-order chi connectivity index (χ0) is 14.5. The predicted octanol–water partition coefficient (Wildman–Crippen LogP) is 3.34. The van der Waals surface area contributed by atoms with Crippen molar-refractivity contribution in [3.8, 4) is 0 Å². The minimum Gasteiger partial charge on any atom is -0.465 e. The van der Waals surface area contributed by atoms with Crippen LogP contribution in [-0.4, -0.2) is 24.3 Å². The Morgan fingerprint density at radius 2 is 2.25 bits per heavy atom. The normalized spacial score (nSPS) is 10.8. The first-order valence-corrected chi connectivity index (χ1v) is 6.90. The third kappa shape index (κ3) is 3.34. The Morgan fingerprint density at radius 3 is 2.95 bits per heavy atom. The van der Waals surface area contributed by atoms with E-state index in [0.717, 1.165) is 5.56 Å². The first-order chi connectivity index (χ1) is 9.61. The molecule has 1 aromatic carbocycles. The van der Waals surface area contributed by atoms with E-state index < -0.39 is 5.97 Å². The Kier molecular flexibility index (Phi) is 4.70. The van der Waals surface area contributed by atoms with Gasteiger partial charge in [-0.3, -0.25) is 5.43 Å². The van der Waals surface area contributed by atoms with Crippen molar-refractivity contribution >= 4 is 40.3 Å². The summed E-state index contributed by atoms with van der Waals surface area (Å²) in [6.45, 7) is 1.74. The van der Waals surface area contributed by atoms with Crippen molar-refractivity contribution in [2.24, 2.45) is 5.10 Å². The lowest BCUT2D eigenvalue weighted by Gasteiger charge is -1.96. The molecule has 1 heterocycles. The molecule has 0 amide bonds. The number of benzene rings is 1. The van der Waals surface area contributed by atoms with E-state index in [4.69, 9.17) is 11.6 Å². The van der Waals surface area contributed by atoms with E-state index in [9.17, 15) is 4.79 Å². The maximum Gasteiger partial charge on any atom is 0.350 e. The lowest BCUT2D eigenvalue weighted by molar-refractivity contribution is 0.0605. The molecule has 0 aliphatic heterocycles. The van der Waals surface area contributed by atoms with E-state index in [1.54, 1.807) is 19.2 Å². The summed E-state index contributed by atoms with van der Waals surface area (Å²) in [4.78, 5) is 16.1. The van der Waals surface area contributed by atoms with Crippen LogP contribution in [0, 0.1) is 6.92 Å². The minimum absolute atomic E-state index is 0.400. The standard InChI is InChI=1S/C13H12ClN3O2S/c1-8-11(12(18)19-2)20-13(16-8)17-15-7-9-5-3-4-6-10(9)14/h3-7H,1-2H3,(H,16,17)/b15-7-. The van der Waals surface area contributed by atoms with Crippen LogP contribution < -0.4 is 5.43 Å². The van der Waals surface area contributed by atoms with Gasteiger partial charge in [-0.2, -0.15) is 5.10 Å². The van der Waals surface area contributed by atoms with Crippen LogP contribution in [0.1, 0.15) is 20.9 Å². The van der Waals surface area contributed by atoms with Crippen LogP contribution in [0.5, 0.6) is 0 Å². The summed E-state index contributed by atoms with van der Waals surface area (Å²) in [5, 5.41) is 5.18. The number of aryl methyl sites for hydroxylation is 1. The van der Waals surface area contributed by atoms with Gasteiger partial charge in [-0.15, -0.1) is 0 Å². The molecule has 1 N–H and O–H groups in total. The van der Waals surface area contributed by atoms with Gasteiger partial charge in [0.25, 0.3) is 0 Å². The summed E-state index contributed by atoms with van der Waals surface area (Å²) in [5.74, 6) is -0.400. The smallest absolute Gasteiger partial charge is 0.350 e. The van der Waals surface area contributed by atoms with Crippen LogP contribution in [0.25, 0.3) is 0 Å². The van der Waals surface area contributed by atoms with Crippen molar-refractivity contribution in [2.45, 2.75) is 6.92 Å². The fraction of sp³-hybridized carbons (Fsp3) is 0.154. The topological polar surface area (TPSA) is 63.6 Å². The van der Waals surface area contributed by atoms with E-state index in [0.29, 0.717) is 20.7 Å². The molecule has 0 aliphatic rings. The number of esters is 1. The molecular formula is C13H12ClN3O2S. The third-order valence-electron chi connectivity index (χ3n) is 2.44. The zero-order valence-corrected chi connectivity index (χ0v) is 12.5. The van der Waals surface area contributed by atoms with Crippen LogP contribution in [0.15, 0.2) is 29.4 Å². The van der Waals surface area contributed by atoms with Gasteiger partial charge < -0.3 is 4.74 Å². The monoisotopic (exact) mass is 309 g/mol. The van der Waals surface area contributed by atoms with E-state index in [-0.39, 0.29) is 0 Å². The zero-order valence-electron chi connectivity index (χ0n) is 10.9. The average Bonchev–Trinajstić information content (AvgIpc) is 2.81. The van der Waals surface area contributed by atoms with Crippen molar-refractivity contribution in [3.63, 3.8) is 0 Å². The Morgan fingerprint density at radius 1 is 1.50 bits per heavy atom. The number of methoxy groups -OCH3 is 1. The van der Waals surface area contributed by atoms with Crippen molar-refractivity contribution in [3.05, 3.63) is 45.4 Å². The predicted molar refractivity (Wildman–Crippen MR) is 80.9 cm³/mol. The van der Waals surface area contributed by atoms with E-state index in [2.05, 4.69) is 20.2 Å². The number of carbonyl (C=O) groups is 1. The molecular weight excluding hydrogens is 298 g/mol. The fourth-order valence-corrected chi connectivity index (χ4v) is 2.48. The molecule has 0 saturated carbocycles. The summed E-state index contributed by atoms with van der Waals surface area (Å²) < 4.78 is 4.67. The number of thiazole rings is 1. The molecule has 0 fully saturated rings. The first-order valence-electron chi connectivity index (χ1n) is 5.71. The number of nitrogens with zero attached hydrogens (tertiary/aromatic N) is 2. The number of carbonyl (C=O) groups excluding carboxylic acids is 1. The molecule has 0 aliphatic carbocycles. The molecule has 0 saturated heterocycles. The molecule has 0 atom stereocenters. The van der Waals surface area contributed by atoms with Gasteiger partial charge in [0.15, 0.2) is 0 Å². The van der Waals surface area contributed by atoms with Crippen LogP contribution in [0.3, 0.4) is 0 Å². The molecule has 0 bridgehead atoms. The van der Waals surface area contributed by atoms with Crippen molar-refractivity contribution in [2.75, 3.05) is 12.5 Å². The molecule has 104 valence electrons. The quantitative estimate of drug-likeness (QED) is 0.534. The maximum atomic E-state index is 11.5. The van der Waals surface area contributed by atoms with E-state index in [1.165, 1.54) is 18.4 Å². The van der Waals surface area contributed by atoms with Gasteiger partial charge in [-0.25, -0.2) is 9.78 Å². The van der Waals surface area contributed by atoms with Gasteiger partial charge in [0.05, 0.1) is 19.0 Å². The number of rotatable bonds is 4. The first kappa shape index (κ1) is 14.5. The molecule has 0 radical (unpaired) electrons. The molecule has 1 aromatic heterocycles. The number of nitrogens with one attached hydrogen (secondary N) is 1. The Balaban J connectivity index is 2.08. The van der Waals surface area contributed by atoms with Gasteiger partial charge >= 0.3 is 5.97 Å². The second-order valence-electron chi connectivity index (χ2n) is 3.82. The van der Waals surface area contributed by atoms with Crippen molar-refractivity contribution in [1.29, 1.82) is 0 Å². The number of hydrazone groups is 1. The number of hydrogen-bond donors (Lipinski definition) is 1. The number of anilines is 1. The third-order valence-corrected chi connectivity index (χ3v) is 3.82. The van der Waals surface area contributed by atoms with Gasteiger partial charge in [-0.05, 0) is 13.0 Å². The molecule has 2 aromatic rings. The second kappa shape index (κ2) is 6.49. The SMILES string of the molecule is COC(=O)c1sc(N/N=C\c2ccccc2Cl)nc1C. The van der Waals surface area contributed by atoms with Crippen LogP contribution in [0.2, 0.25) is 5.02 Å². The van der Waals surface area contributed by atoms with Gasteiger partial charge in [-0.1, -0.05) is 41.1 Å². The molecule has 2 rings (SSSR count). The molecule has 7 heteroatoms. The molecule has 5 nitrogen and oxygen atoms in total. The van der Waals surface area contributed by atoms with Crippen LogP contribution in [-0.2, 0) is 4.74 Å². The summed E-state index contributed by atoms with van der Waals surface area (Å²) in [7, 11) is 1.34. The summed E-state index contributed by atoms with van der Waals surface area (Å²) >= 11 is 7.19. The molecule has 20 heavy (non-hydrogen) atoms. The lowest BCUT2D eigenvalue weighted by atomic mass is 10.2. The van der Waals surface area contributed by atoms with E-state index in [1.807, 2.05) is 18.2 Å². The molecule has 0 spiro atoms. The highest BCUT2D eigenvalue weighted by atomic mass is 35.5. The highest BCUT2D eigenvalue weighted by Crippen LogP contribution is 2.23. The lowest BCUT2D eigenvalue weighted by Crippen LogP contribution is -1.99. The number of halogens is 1. The van der Waals surface area contributed by atoms with Crippen molar-refractivity contribution in [1.82, 2.24) is 4.98 Å². The fourth-order valence-electron chi connectivity index (χ4n) is 1.46. The number of ether oxygens (including phenoxy) is 1. The Hall–Kier alpha value is -1.92. The number of hydrogen-bond acceptors (Lipinski definition) is 6.